The van der Waals surface area contributed by atoms with Gasteiger partial charge in [0.25, 0.3) is 11.5 Å². The van der Waals surface area contributed by atoms with Crippen molar-refractivity contribution in [2.45, 2.75) is 18.4 Å². The summed E-state index contributed by atoms with van der Waals surface area (Å²) in [5, 5.41) is 0.643. The number of piperidine rings is 1. The third kappa shape index (κ3) is 3.37. The number of hydrogen-bond donors (Lipinski definition) is 1. The quantitative estimate of drug-likeness (QED) is 0.694. The van der Waals surface area contributed by atoms with Crippen LogP contribution in [0.2, 0.25) is 0 Å². The number of para-hydroxylation sites is 1. The van der Waals surface area contributed by atoms with E-state index in [-0.39, 0.29) is 35.0 Å². The Morgan fingerprint density at radius 1 is 1.13 bits per heavy atom. The Kier molecular flexibility index (Phi) is 4.74. The average molecular weight is 419 g/mol. The van der Waals surface area contributed by atoms with Crippen LogP contribution in [0.1, 0.15) is 34.6 Å². The average Bonchev–Trinajstić information content (AvgIpc) is 2.75. The van der Waals surface area contributed by atoms with Gasteiger partial charge in [0.15, 0.2) is 0 Å². The Balaban J connectivity index is 1.56. The van der Waals surface area contributed by atoms with E-state index in [0.29, 0.717) is 24.0 Å². The number of pyridine rings is 1. The van der Waals surface area contributed by atoms with Crippen LogP contribution in [0.15, 0.2) is 52.1 Å². The van der Waals surface area contributed by atoms with Crippen LogP contribution >= 0.6 is 0 Å². The molecule has 0 radical (unpaired) electrons. The summed E-state index contributed by atoms with van der Waals surface area (Å²) >= 11 is 0. The fourth-order valence-electron chi connectivity index (χ4n) is 5.23. The molecule has 2 aromatic heterocycles. The van der Waals surface area contributed by atoms with Crippen molar-refractivity contribution in [1.82, 2.24) is 24.3 Å². The highest BCUT2D eigenvalue weighted by molar-refractivity contribution is 6.04. The highest BCUT2D eigenvalue weighted by Crippen LogP contribution is 2.41. The number of likely N-dealkylation sites (N-methyl/N-ethyl adjacent to an activating group) is 1. The lowest BCUT2D eigenvalue weighted by Crippen LogP contribution is -2.53. The van der Waals surface area contributed by atoms with Gasteiger partial charge >= 0.3 is 5.69 Å². The minimum absolute atomic E-state index is 0.00516. The molecule has 0 saturated carbocycles. The van der Waals surface area contributed by atoms with E-state index in [9.17, 15) is 14.4 Å². The number of fused-ring (bicyclic) bond motifs is 5. The van der Waals surface area contributed by atoms with Crippen molar-refractivity contribution in [3.05, 3.63) is 74.7 Å². The number of nitrogens with one attached hydrogen (secondary N) is 1. The summed E-state index contributed by atoms with van der Waals surface area (Å²) in [4.78, 5) is 49.0. The highest BCUT2D eigenvalue weighted by atomic mass is 16.2. The lowest BCUT2D eigenvalue weighted by atomic mass is 9.78. The normalized spacial score (nSPS) is 22.5. The zero-order valence-electron chi connectivity index (χ0n) is 17.6. The first-order chi connectivity index (χ1) is 14.9. The Bertz CT molecular complexity index is 1280. The maximum absolute atomic E-state index is 13.5. The van der Waals surface area contributed by atoms with E-state index in [1.807, 2.05) is 41.8 Å². The van der Waals surface area contributed by atoms with Crippen LogP contribution in [0.25, 0.3) is 10.9 Å². The molecule has 1 N–H and O–H groups in total. The predicted molar refractivity (Wildman–Crippen MR) is 117 cm³/mol. The number of H-pyrrole nitrogens is 1. The molecule has 2 aliphatic heterocycles. The van der Waals surface area contributed by atoms with Gasteiger partial charge in [0.2, 0.25) is 0 Å². The topological polar surface area (TPSA) is 91.3 Å². The van der Waals surface area contributed by atoms with Crippen molar-refractivity contribution >= 4 is 16.8 Å². The van der Waals surface area contributed by atoms with Crippen LogP contribution in [0.5, 0.6) is 0 Å². The summed E-state index contributed by atoms with van der Waals surface area (Å²) in [6.07, 6.45) is 0.940. The van der Waals surface area contributed by atoms with Gasteiger partial charge in [0.05, 0.1) is 11.6 Å². The second kappa shape index (κ2) is 7.46. The van der Waals surface area contributed by atoms with E-state index in [1.165, 1.54) is 0 Å². The van der Waals surface area contributed by atoms with E-state index < -0.39 is 5.69 Å². The molecule has 8 heteroatoms. The Labute approximate surface area is 179 Å². The minimum Gasteiger partial charge on any atom is -0.336 e. The van der Waals surface area contributed by atoms with Crippen molar-refractivity contribution in [3.8, 4) is 0 Å². The molecule has 3 atom stereocenters. The van der Waals surface area contributed by atoms with Crippen LogP contribution in [0.3, 0.4) is 0 Å². The zero-order valence-corrected chi connectivity index (χ0v) is 17.6. The van der Waals surface area contributed by atoms with Gasteiger partial charge in [0, 0.05) is 42.7 Å². The number of amides is 1. The molecule has 0 unspecified atom stereocenters. The number of likely N-dealkylation sites (tertiary alicyclic amines) is 1. The molecule has 5 rings (SSSR count). The van der Waals surface area contributed by atoms with Gasteiger partial charge in [-0.25, -0.2) is 4.79 Å². The third-order valence-corrected chi connectivity index (χ3v) is 6.48. The highest BCUT2D eigenvalue weighted by Gasteiger charge is 2.42. The van der Waals surface area contributed by atoms with Gasteiger partial charge < -0.3 is 19.4 Å². The number of carbonyl (C=O) groups excluding carboxylic acids is 1. The standard InChI is InChI=1S/C23H25N5O3/c1-26(2)13-19-15-10-14(18-8-5-9-20(29)28(18)19)11-27(12-15)22(30)21-16-6-3-4-7-17(16)24-23(31)25-21/h3-9,14-15,19H,10-13H2,1-2H3,(H,24,25,31)/t14-,15+,19+/m1/s1. The first-order valence-corrected chi connectivity index (χ1v) is 10.6. The molecule has 3 aromatic rings. The Morgan fingerprint density at radius 3 is 2.74 bits per heavy atom. The van der Waals surface area contributed by atoms with Gasteiger partial charge in [-0.1, -0.05) is 24.3 Å². The van der Waals surface area contributed by atoms with E-state index in [2.05, 4.69) is 14.9 Å². The molecule has 1 aromatic carbocycles. The number of nitrogens with zero attached hydrogens (tertiary/aromatic N) is 4. The van der Waals surface area contributed by atoms with E-state index in [0.717, 1.165) is 18.7 Å². The molecule has 1 amide bonds. The lowest BCUT2D eigenvalue weighted by Gasteiger charge is -2.47. The fraction of sp³-hybridized carbons (Fsp3) is 0.391. The first kappa shape index (κ1) is 19.7. The second-order valence-electron chi connectivity index (χ2n) is 8.83. The molecule has 1 fully saturated rings. The summed E-state index contributed by atoms with van der Waals surface area (Å²) in [7, 11) is 4.00. The summed E-state index contributed by atoms with van der Waals surface area (Å²) in [5.74, 6) is 0.0153. The van der Waals surface area contributed by atoms with Crippen LogP contribution in [0, 0.1) is 5.92 Å². The largest absolute Gasteiger partial charge is 0.346 e. The maximum Gasteiger partial charge on any atom is 0.346 e. The molecule has 8 nitrogen and oxygen atoms in total. The van der Waals surface area contributed by atoms with Gasteiger partial charge in [-0.2, -0.15) is 4.98 Å². The Morgan fingerprint density at radius 2 is 1.94 bits per heavy atom. The van der Waals surface area contributed by atoms with Crippen LogP contribution in [-0.2, 0) is 0 Å². The SMILES string of the molecule is CN(C)C[C@H]1[C@H]2C[C@H](CN(C(=O)c3nc(=O)[nH]c4ccccc34)C2)c2cccc(=O)n21. The summed E-state index contributed by atoms with van der Waals surface area (Å²) in [5.41, 5.74) is 1.26. The van der Waals surface area contributed by atoms with Gasteiger partial charge in [-0.15, -0.1) is 0 Å². The second-order valence-corrected chi connectivity index (χ2v) is 8.83. The molecule has 160 valence electrons. The molecule has 2 aliphatic rings. The minimum atomic E-state index is -0.526. The van der Waals surface area contributed by atoms with Gasteiger partial charge in [-0.05, 0) is 38.6 Å². The number of hydrogen-bond acceptors (Lipinski definition) is 5. The van der Waals surface area contributed by atoms with Gasteiger partial charge in [-0.3, -0.25) is 9.59 Å². The molecular formula is C23H25N5O3. The van der Waals surface area contributed by atoms with Crippen LogP contribution in [0.4, 0.5) is 0 Å². The Hall–Kier alpha value is -3.26. The molecular weight excluding hydrogens is 394 g/mol. The van der Waals surface area contributed by atoms with Crippen molar-refractivity contribution in [2.75, 3.05) is 33.7 Å². The summed E-state index contributed by atoms with van der Waals surface area (Å²) in [6.45, 7) is 1.77. The number of benzene rings is 1. The van der Waals surface area contributed by atoms with E-state index >= 15 is 0 Å². The van der Waals surface area contributed by atoms with E-state index in [4.69, 9.17) is 0 Å². The maximum atomic E-state index is 13.5. The lowest BCUT2D eigenvalue weighted by molar-refractivity contribution is 0.0495. The number of rotatable bonds is 3. The number of aromatic nitrogens is 3. The zero-order chi connectivity index (χ0) is 21.7. The monoisotopic (exact) mass is 419 g/mol. The van der Waals surface area contributed by atoms with Crippen molar-refractivity contribution in [3.63, 3.8) is 0 Å². The third-order valence-electron chi connectivity index (χ3n) is 6.48. The number of carbonyl (C=O) groups is 1. The molecule has 0 spiro atoms. The van der Waals surface area contributed by atoms with Crippen molar-refractivity contribution in [2.24, 2.45) is 5.92 Å². The van der Waals surface area contributed by atoms with Crippen LogP contribution < -0.4 is 11.2 Å². The number of aromatic amines is 1. The van der Waals surface area contributed by atoms with Crippen molar-refractivity contribution < 1.29 is 4.79 Å². The van der Waals surface area contributed by atoms with E-state index in [1.54, 1.807) is 24.3 Å². The molecule has 31 heavy (non-hydrogen) atoms. The molecule has 2 bridgehead atoms. The predicted octanol–water partition coefficient (Wildman–Crippen LogP) is 1.45. The van der Waals surface area contributed by atoms with Gasteiger partial charge in [0.1, 0.15) is 5.69 Å². The van der Waals surface area contributed by atoms with Crippen molar-refractivity contribution in [1.29, 1.82) is 0 Å². The molecule has 4 heterocycles. The van der Waals surface area contributed by atoms with Crippen LogP contribution in [-0.4, -0.2) is 64.0 Å². The molecule has 0 aliphatic carbocycles. The summed E-state index contributed by atoms with van der Waals surface area (Å²) < 4.78 is 1.93. The smallest absolute Gasteiger partial charge is 0.336 e. The first-order valence-electron chi connectivity index (χ1n) is 10.6. The summed E-state index contributed by atoms with van der Waals surface area (Å²) in [6, 6.07) is 12.6. The fourth-order valence-corrected chi connectivity index (χ4v) is 5.23. The molecule has 1 saturated heterocycles.